The third-order valence-corrected chi connectivity index (χ3v) is 3.80. The lowest BCUT2D eigenvalue weighted by Crippen LogP contribution is -2.46. The van der Waals surface area contributed by atoms with Gasteiger partial charge in [-0.05, 0) is 24.1 Å². The fraction of sp³-hybridized carbons (Fsp3) is 0.533. The summed E-state index contributed by atoms with van der Waals surface area (Å²) >= 11 is 0. The summed E-state index contributed by atoms with van der Waals surface area (Å²) in [5.74, 6) is 0.910. The maximum atomic E-state index is 11.1. The van der Waals surface area contributed by atoms with Gasteiger partial charge in [-0.1, -0.05) is 12.1 Å². The molecule has 0 spiro atoms. The molecular weight excluding hydrogens is 274 g/mol. The summed E-state index contributed by atoms with van der Waals surface area (Å²) in [6.45, 7) is 0.959. The zero-order chi connectivity index (χ0) is 15.2. The number of aliphatic hydroxyl groups excluding tert-OH is 1. The smallest absolute Gasteiger partial charge is 0.407 e. The predicted molar refractivity (Wildman–Crippen MR) is 76.8 cm³/mol. The number of nitrogens with zero attached hydrogens (tertiary/aromatic N) is 1. The molecule has 1 aromatic rings. The minimum absolute atomic E-state index is 0.0705. The van der Waals surface area contributed by atoms with Gasteiger partial charge in [-0.25, -0.2) is 4.79 Å². The molecule has 6 nitrogen and oxygen atoms in total. The Morgan fingerprint density at radius 2 is 2.10 bits per heavy atom. The van der Waals surface area contributed by atoms with E-state index in [1.807, 2.05) is 24.3 Å². The lowest BCUT2D eigenvalue weighted by molar-refractivity contribution is -0.0234. The molecule has 0 bridgehead atoms. The summed E-state index contributed by atoms with van der Waals surface area (Å²) in [6.07, 6.45) is -0.467. The Morgan fingerprint density at radius 1 is 1.38 bits per heavy atom. The van der Waals surface area contributed by atoms with E-state index in [0.717, 1.165) is 11.3 Å². The van der Waals surface area contributed by atoms with E-state index in [0.29, 0.717) is 19.5 Å². The molecule has 1 amide bonds. The van der Waals surface area contributed by atoms with Gasteiger partial charge in [0.2, 0.25) is 0 Å². The van der Waals surface area contributed by atoms with Crippen LogP contribution in [-0.4, -0.2) is 60.7 Å². The maximum Gasteiger partial charge on any atom is 0.407 e. The molecule has 1 aromatic carbocycles. The lowest BCUT2D eigenvalue weighted by Gasteiger charge is -2.37. The Bertz CT molecular complexity index is 462. The summed E-state index contributed by atoms with van der Waals surface area (Å²) in [5.41, 5.74) is 1.10. The molecule has 2 rings (SSSR count). The first-order valence-corrected chi connectivity index (χ1v) is 7.00. The van der Waals surface area contributed by atoms with Crippen molar-refractivity contribution in [2.45, 2.75) is 18.4 Å². The van der Waals surface area contributed by atoms with Crippen LogP contribution in [0.2, 0.25) is 0 Å². The number of likely N-dealkylation sites (tertiary alicyclic amines) is 1. The van der Waals surface area contributed by atoms with Gasteiger partial charge >= 0.3 is 6.09 Å². The van der Waals surface area contributed by atoms with Crippen LogP contribution in [-0.2, 0) is 4.74 Å². The molecule has 2 N–H and O–H groups in total. The molecule has 21 heavy (non-hydrogen) atoms. The molecule has 1 aliphatic heterocycles. The molecule has 6 heteroatoms. The number of ether oxygens (including phenoxy) is 2. The van der Waals surface area contributed by atoms with Gasteiger partial charge in [0.1, 0.15) is 5.75 Å². The number of benzene rings is 1. The number of hydrogen-bond acceptors (Lipinski definition) is 4. The van der Waals surface area contributed by atoms with Crippen LogP contribution >= 0.6 is 0 Å². The van der Waals surface area contributed by atoms with Gasteiger partial charge in [0.25, 0.3) is 0 Å². The van der Waals surface area contributed by atoms with Crippen LogP contribution < -0.4 is 4.74 Å². The normalized spacial score (nSPS) is 22.1. The highest BCUT2D eigenvalue weighted by Gasteiger charge is 2.33. The van der Waals surface area contributed by atoms with Crippen LogP contribution in [0.1, 0.15) is 17.9 Å². The summed E-state index contributed by atoms with van der Waals surface area (Å²) in [4.78, 5) is 12.5. The average Bonchev–Trinajstić information content (AvgIpc) is 2.52. The Hall–Kier alpha value is -1.79. The highest BCUT2D eigenvalue weighted by Crippen LogP contribution is 2.31. The molecule has 1 saturated heterocycles. The number of hydrogen-bond donors (Lipinski definition) is 2. The number of piperidine rings is 1. The number of carboxylic acid groups (broad SMARTS) is 1. The molecule has 0 aliphatic carbocycles. The van der Waals surface area contributed by atoms with Crippen LogP contribution in [0, 0.1) is 0 Å². The van der Waals surface area contributed by atoms with E-state index in [1.54, 1.807) is 7.11 Å². The highest BCUT2D eigenvalue weighted by atomic mass is 16.5. The van der Waals surface area contributed by atoms with Gasteiger partial charge < -0.3 is 24.6 Å². The summed E-state index contributed by atoms with van der Waals surface area (Å²) < 4.78 is 10.8. The Kier molecular flexibility index (Phi) is 5.41. The van der Waals surface area contributed by atoms with E-state index >= 15 is 0 Å². The summed E-state index contributed by atoms with van der Waals surface area (Å²) in [5, 5.41) is 18.0. The Morgan fingerprint density at radius 3 is 2.67 bits per heavy atom. The minimum atomic E-state index is -0.930. The molecule has 1 fully saturated rings. The van der Waals surface area contributed by atoms with Gasteiger partial charge in [0, 0.05) is 12.5 Å². The van der Waals surface area contributed by atoms with Gasteiger partial charge in [-0.3, -0.25) is 0 Å². The standard InChI is InChI=1S/C15H21NO5/c1-20-12-4-2-11(3-5-12)13-6-7-16(15(18)19)10-14(13)21-9-8-17/h2-5,13-14,17H,6-10H2,1H3,(H,18,19). The van der Waals surface area contributed by atoms with Crippen molar-refractivity contribution in [1.29, 1.82) is 0 Å². The second kappa shape index (κ2) is 7.28. The molecule has 0 aromatic heterocycles. The SMILES string of the molecule is COc1ccc(C2CCN(C(=O)O)CC2OCCO)cc1. The number of carbonyl (C=O) groups is 1. The van der Waals surface area contributed by atoms with E-state index in [9.17, 15) is 4.79 Å². The minimum Gasteiger partial charge on any atom is -0.497 e. The lowest BCUT2D eigenvalue weighted by atomic mass is 9.87. The number of amides is 1. The van der Waals surface area contributed by atoms with Crippen LogP contribution in [0.3, 0.4) is 0 Å². The fourth-order valence-corrected chi connectivity index (χ4v) is 2.70. The highest BCUT2D eigenvalue weighted by molar-refractivity contribution is 5.65. The van der Waals surface area contributed by atoms with Crippen molar-refractivity contribution in [1.82, 2.24) is 4.90 Å². The molecule has 0 radical (unpaired) electrons. The average molecular weight is 295 g/mol. The van der Waals surface area contributed by atoms with Crippen molar-refractivity contribution < 1.29 is 24.5 Å². The molecule has 116 valence electrons. The Labute approximate surface area is 123 Å². The second-order valence-corrected chi connectivity index (χ2v) is 5.03. The largest absolute Gasteiger partial charge is 0.497 e. The second-order valence-electron chi connectivity index (χ2n) is 5.03. The van der Waals surface area contributed by atoms with Crippen LogP contribution in [0.15, 0.2) is 24.3 Å². The zero-order valence-corrected chi connectivity index (χ0v) is 12.1. The van der Waals surface area contributed by atoms with Crippen molar-refractivity contribution in [3.8, 4) is 5.75 Å². The van der Waals surface area contributed by atoms with Gasteiger partial charge in [-0.15, -0.1) is 0 Å². The van der Waals surface area contributed by atoms with E-state index in [-0.39, 0.29) is 25.2 Å². The maximum absolute atomic E-state index is 11.1. The van der Waals surface area contributed by atoms with Crippen molar-refractivity contribution in [3.05, 3.63) is 29.8 Å². The monoisotopic (exact) mass is 295 g/mol. The number of methoxy groups -OCH3 is 1. The van der Waals surface area contributed by atoms with Crippen LogP contribution in [0.4, 0.5) is 4.79 Å². The topological polar surface area (TPSA) is 79.2 Å². The van der Waals surface area contributed by atoms with Crippen molar-refractivity contribution in [2.24, 2.45) is 0 Å². The molecule has 1 heterocycles. The van der Waals surface area contributed by atoms with Gasteiger partial charge in [-0.2, -0.15) is 0 Å². The molecule has 2 atom stereocenters. The predicted octanol–water partition coefficient (Wildman–Crippen LogP) is 1.54. The van der Waals surface area contributed by atoms with Crippen LogP contribution in [0.25, 0.3) is 0 Å². The third kappa shape index (κ3) is 3.86. The molecule has 1 aliphatic rings. The quantitative estimate of drug-likeness (QED) is 0.861. The summed E-state index contributed by atoms with van der Waals surface area (Å²) in [6, 6.07) is 7.74. The first kappa shape index (κ1) is 15.6. The van der Waals surface area contributed by atoms with Crippen LogP contribution in [0.5, 0.6) is 5.75 Å². The first-order valence-electron chi connectivity index (χ1n) is 7.00. The molecule has 2 unspecified atom stereocenters. The summed E-state index contributed by atoms with van der Waals surface area (Å²) in [7, 11) is 1.62. The van der Waals surface area contributed by atoms with Crippen molar-refractivity contribution >= 4 is 6.09 Å². The van der Waals surface area contributed by atoms with E-state index in [4.69, 9.17) is 19.7 Å². The van der Waals surface area contributed by atoms with E-state index in [1.165, 1.54) is 4.90 Å². The van der Waals surface area contributed by atoms with Crippen molar-refractivity contribution in [2.75, 3.05) is 33.4 Å². The Balaban J connectivity index is 2.12. The van der Waals surface area contributed by atoms with Gasteiger partial charge in [0.05, 0.1) is 33.0 Å². The van der Waals surface area contributed by atoms with Crippen molar-refractivity contribution in [3.63, 3.8) is 0 Å². The zero-order valence-electron chi connectivity index (χ0n) is 12.1. The van der Waals surface area contributed by atoms with E-state index < -0.39 is 6.09 Å². The number of aliphatic hydroxyl groups is 1. The van der Waals surface area contributed by atoms with Gasteiger partial charge in [0.15, 0.2) is 0 Å². The van der Waals surface area contributed by atoms with E-state index in [2.05, 4.69) is 0 Å². The third-order valence-electron chi connectivity index (χ3n) is 3.80. The fourth-order valence-electron chi connectivity index (χ4n) is 2.70. The molecule has 0 saturated carbocycles. The first-order chi connectivity index (χ1) is 10.2. The number of rotatable bonds is 5. The molecular formula is C15H21NO5.